The maximum absolute atomic E-state index is 11.6. The molecule has 1 aromatic carbocycles. The molecule has 1 N–H and O–H groups in total. The molecule has 2 heterocycles. The summed E-state index contributed by atoms with van der Waals surface area (Å²) in [5.41, 5.74) is 0.862. The second kappa shape index (κ2) is 5.88. The fourth-order valence-electron chi connectivity index (χ4n) is 2.72. The van der Waals surface area contributed by atoms with Gasteiger partial charge in [0.1, 0.15) is 24.9 Å². The molecular formula is C14H18O7S. The van der Waals surface area contributed by atoms with Crippen LogP contribution in [0.5, 0.6) is 0 Å². The van der Waals surface area contributed by atoms with Crippen molar-refractivity contribution in [2.45, 2.75) is 30.7 Å². The minimum atomic E-state index is -3.79. The lowest BCUT2D eigenvalue weighted by Gasteiger charge is -2.31. The zero-order chi connectivity index (χ0) is 15.8. The van der Waals surface area contributed by atoms with Gasteiger partial charge >= 0.3 is 0 Å². The molecular weight excluding hydrogens is 312 g/mol. The second-order valence-corrected chi connectivity index (χ2v) is 7.05. The second-order valence-electron chi connectivity index (χ2n) is 5.47. The summed E-state index contributed by atoms with van der Waals surface area (Å²) in [6.45, 7) is 0.0700. The van der Waals surface area contributed by atoms with E-state index in [0.717, 1.165) is 11.8 Å². The third-order valence-electron chi connectivity index (χ3n) is 3.65. The molecule has 0 aliphatic carbocycles. The van der Waals surface area contributed by atoms with Crippen LogP contribution < -0.4 is 0 Å². The van der Waals surface area contributed by atoms with E-state index in [4.69, 9.17) is 18.4 Å². The van der Waals surface area contributed by atoms with Crippen molar-refractivity contribution in [3.05, 3.63) is 35.9 Å². The predicted molar refractivity (Wildman–Crippen MR) is 75.4 cm³/mol. The van der Waals surface area contributed by atoms with Crippen LogP contribution in [0.25, 0.3) is 0 Å². The van der Waals surface area contributed by atoms with Gasteiger partial charge in [0, 0.05) is 0 Å². The molecule has 4 atom stereocenters. The van der Waals surface area contributed by atoms with E-state index in [2.05, 4.69) is 0 Å². The van der Waals surface area contributed by atoms with Gasteiger partial charge in [-0.15, -0.1) is 0 Å². The number of aliphatic hydroxyl groups is 1. The number of hydrogen-bond acceptors (Lipinski definition) is 7. The van der Waals surface area contributed by atoms with Crippen LogP contribution in [-0.2, 0) is 35.1 Å². The monoisotopic (exact) mass is 330 g/mol. The number of hydrogen-bond donors (Lipinski definition) is 1. The van der Waals surface area contributed by atoms with Crippen LogP contribution in [-0.4, -0.2) is 57.1 Å². The van der Waals surface area contributed by atoms with E-state index in [1.165, 1.54) is 0 Å². The Morgan fingerprint density at radius 2 is 2.05 bits per heavy atom. The summed E-state index contributed by atoms with van der Waals surface area (Å²) in [5.74, 6) is -1.58. The highest BCUT2D eigenvalue weighted by Crippen LogP contribution is 2.39. The van der Waals surface area contributed by atoms with Crippen LogP contribution in [0.1, 0.15) is 5.56 Å². The molecule has 122 valence electrons. The van der Waals surface area contributed by atoms with Crippen molar-refractivity contribution in [1.82, 2.24) is 0 Å². The van der Waals surface area contributed by atoms with Gasteiger partial charge in [-0.2, -0.15) is 8.42 Å². The number of fused-ring (bicyclic) bond motifs is 1. The molecule has 2 aliphatic rings. The highest BCUT2D eigenvalue weighted by molar-refractivity contribution is 7.86. The molecule has 1 aromatic rings. The van der Waals surface area contributed by atoms with Crippen molar-refractivity contribution in [3.63, 3.8) is 0 Å². The maximum Gasteiger partial charge on any atom is 0.267 e. The van der Waals surface area contributed by atoms with E-state index in [9.17, 15) is 13.5 Å². The molecule has 2 fully saturated rings. The Morgan fingerprint density at radius 3 is 2.73 bits per heavy atom. The Labute approximate surface area is 128 Å². The summed E-state index contributed by atoms with van der Waals surface area (Å²) in [7, 11) is -3.79. The Hall–Kier alpha value is -1.03. The summed E-state index contributed by atoms with van der Waals surface area (Å²) in [5, 5.41) is 9.80. The van der Waals surface area contributed by atoms with Gasteiger partial charge in [0.2, 0.25) is 5.79 Å². The van der Waals surface area contributed by atoms with Crippen molar-refractivity contribution < 1.29 is 31.9 Å². The Morgan fingerprint density at radius 1 is 1.32 bits per heavy atom. The first kappa shape index (κ1) is 15.9. The molecule has 22 heavy (non-hydrogen) atoms. The van der Waals surface area contributed by atoms with E-state index in [1.807, 2.05) is 30.3 Å². The van der Waals surface area contributed by atoms with Crippen LogP contribution >= 0.6 is 0 Å². The third-order valence-corrected chi connectivity index (χ3v) is 4.24. The van der Waals surface area contributed by atoms with Crippen LogP contribution in [0.4, 0.5) is 0 Å². The molecule has 0 radical (unpaired) electrons. The van der Waals surface area contributed by atoms with E-state index in [0.29, 0.717) is 0 Å². The highest BCUT2D eigenvalue weighted by Gasteiger charge is 2.60. The Bertz CT molecular complexity index is 617. The van der Waals surface area contributed by atoms with Gasteiger partial charge in [0.05, 0.1) is 19.5 Å². The van der Waals surface area contributed by atoms with Gasteiger partial charge < -0.3 is 19.3 Å². The molecule has 0 saturated carbocycles. The molecule has 0 bridgehead atoms. The average Bonchev–Trinajstić information content (AvgIpc) is 2.99. The van der Waals surface area contributed by atoms with Crippen molar-refractivity contribution >= 4 is 10.1 Å². The molecule has 0 spiro atoms. The van der Waals surface area contributed by atoms with Gasteiger partial charge in [-0.05, 0) is 5.56 Å². The molecule has 0 amide bonds. The predicted octanol–water partition coefficient (Wildman–Crippen LogP) is 0.0342. The fourth-order valence-corrected chi connectivity index (χ4v) is 3.42. The smallest absolute Gasteiger partial charge is 0.267 e. The van der Waals surface area contributed by atoms with Crippen molar-refractivity contribution in [2.75, 3.05) is 19.5 Å². The minimum Gasteiger partial charge on any atom is -0.388 e. The third kappa shape index (κ3) is 3.17. The van der Waals surface area contributed by atoms with Crippen LogP contribution in [0.2, 0.25) is 0 Å². The molecule has 0 aromatic heterocycles. The zero-order valence-electron chi connectivity index (χ0n) is 12.0. The fraction of sp³-hybridized carbons (Fsp3) is 0.571. The quantitative estimate of drug-likeness (QED) is 0.602. The standard InChI is InChI=1S/C14H18O7S/c1-22(16,17)21-14(20-7-10-5-3-2-4-6-10)9-19-12-11(15)8-18-13(12)14/h2-6,11-13,15H,7-9H2,1H3/t11-,12-,13+,14-/m1/s1. The first-order valence-corrected chi connectivity index (χ1v) is 8.71. The van der Waals surface area contributed by atoms with Crippen molar-refractivity contribution in [1.29, 1.82) is 0 Å². The maximum atomic E-state index is 11.6. The van der Waals surface area contributed by atoms with Crippen LogP contribution in [0, 0.1) is 0 Å². The number of rotatable bonds is 5. The summed E-state index contributed by atoms with van der Waals surface area (Å²) in [6, 6.07) is 9.29. The summed E-state index contributed by atoms with van der Waals surface area (Å²) in [4.78, 5) is 0. The first-order chi connectivity index (χ1) is 10.4. The molecule has 7 nitrogen and oxygen atoms in total. The number of benzene rings is 1. The van der Waals surface area contributed by atoms with E-state index < -0.39 is 34.2 Å². The van der Waals surface area contributed by atoms with Crippen LogP contribution in [0.3, 0.4) is 0 Å². The largest absolute Gasteiger partial charge is 0.388 e. The first-order valence-electron chi connectivity index (χ1n) is 6.89. The summed E-state index contributed by atoms with van der Waals surface area (Å²) >= 11 is 0. The van der Waals surface area contributed by atoms with E-state index >= 15 is 0 Å². The Balaban J connectivity index is 1.81. The molecule has 2 aliphatic heterocycles. The lowest BCUT2D eigenvalue weighted by atomic mass is 10.1. The van der Waals surface area contributed by atoms with Crippen molar-refractivity contribution in [2.24, 2.45) is 0 Å². The van der Waals surface area contributed by atoms with E-state index in [-0.39, 0.29) is 19.8 Å². The SMILES string of the molecule is CS(=O)(=O)O[C@]1(OCc2ccccc2)CO[C@@H]2[C@H](O)CO[C@@H]21. The summed E-state index contributed by atoms with van der Waals surface area (Å²) in [6.07, 6.45) is -1.33. The molecule has 3 rings (SSSR count). The molecule has 0 unspecified atom stereocenters. The molecule has 2 saturated heterocycles. The topological polar surface area (TPSA) is 91.3 Å². The van der Waals surface area contributed by atoms with Crippen LogP contribution in [0.15, 0.2) is 30.3 Å². The van der Waals surface area contributed by atoms with Gasteiger partial charge in [-0.25, -0.2) is 4.18 Å². The van der Waals surface area contributed by atoms with E-state index in [1.54, 1.807) is 0 Å². The summed E-state index contributed by atoms with van der Waals surface area (Å²) < 4.78 is 45.0. The minimum absolute atomic E-state index is 0.0545. The normalized spacial score (nSPS) is 34.7. The molecule has 8 heteroatoms. The van der Waals surface area contributed by atoms with Gasteiger partial charge in [0.25, 0.3) is 10.1 Å². The lowest BCUT2D eigenvalue weighted by Crippen LogP contribution is -2.49. The van der Waals surface area contributed by atoms with Gasteiger partial charge in [0.15, 0.2) is 0 Å². The Kier molecular flexibility index (Phi) is 4.23. The highest BCUT2D eigenvalue weighted by atomic mass is 32.2. The van der Waals surface area contributed by atoms with Gasteiger partial charge in [-0.3, -0.25) is 0 Å². The van der Waals surface area contributed by atoms with Gasteiger partial charge in [-0.1, -0.05) is 30.3 Å². The average molecular weight is 330 g/mol. The zero-order valence-corrected chi connectivity index (χ0v) is 12.9. The number of aliphatic hydroxyl groups excluding tert-OH is 1. The lowest BCUT2D eigenvalue weighted by molar-refractivity contribution is -0.230. The van der Waals surface area contributed by atoms with Crippen molar-refractivity contribution in [3.8, 4) is 0 Å². The number of ether oxygens (including phenoxy) is 3.